The molecule has 3 nitrogen and oxygen atoms in total. The third-order valence-corrected chi connectivity index (χ3v) is 4.65. The zero-order chi connectivity index (χ0) is 10.8. The van der Waals surface area contributed by atoms with Crippen molar-refractivity contribution in [3.63, 3.8) is 0 Å². The third-order valence-electron chi connectivity index (χ3n) is 2.25. The second kappa shape index (κ2) is 4.10. The first-order chi connectivity index (χ1) is 6.31. The van der Waals surface area contributed by atoms with E-state index in [1.165, 1.54) is 0 Å². The van der Waals surface area contributed by atoms with Crippen molar-refractivity contribution in [1.29, 1.82) is 0 Å². The lowest BCUT2D eigenvalue weighted by atomic mass is 10.2. The van der Waals surface area contributed by atoms with Gasteiger partial charge in [0.2, 0.25) is 0 Å². The highest BCUT2D eigenvalue weighted by molar-refractivity contribution is 7.92. The summed E-state index contributed by atoms with van der Waals surface area (Å²) in [6.45, 7) is 1.84. The van der Waals surface area contributed by atoms with E-state index in [4.69, 9.17) is 0 Å². The molecule has 1 saturated heterocycles. The van der Waals surface area contributed by atoms with Crippen LogP contribution in [0.4, 0.5) is 8.78 Å². The number of halogens is 2. The van der Waals surface area contributed by atoms with Crippen molar-refractivity contribution >= 4 is 9.84 Å². The molecule has 1 rings (SSSR count). The van der Waals surface area contributed by atoms with Crippen molar-refractivity contribution in [2.75, 3.05) is 18.8 Å². The zero-order valence-corrected chi connectivity index (χ0v) is 8.91. The van der Waals surface area contributed by atoms with Crippen LogP contribution in [0.1, 0.15) is 19.8 Å². The molecule has 0 aromatic rings. The lowest BCUT2D eigenvalue weighted by molar-refractivity contribution is 0.0471. The molecule has 0 saturated carbocycles. The Bertz CT molecular complexity index is 278. The molecule has 84 valence electrons. The smallest absolute Gasteiger partial charge is 0.259 e. The van der Waals surface area contributed by atoms with Gasteiger partial charge in [-0.1, -0.05) is 0 Å². The Balaban J connectivity index is 2.64. The van der Waals surface area contributed by atoms with Gasteiger partial charge in [0.25, 0.3) is 5.92 Å². The predicted octanol–water partition coefficient (Wildman–Crippen LogP) is 0.808. The Morgan fingerprint density at radius 1 is 1.36 bits per heavy atom. The minimum Gasteiger partial charge on any atom is -0.317 e. The van der Waals surface area contributed by atoms with E-state index >= 15 is 0 Å². The van der Waals surface area contributed by atoms with Gasteiger partial charge in [-0.3, -0.25) is 0 Å². The number of alkyl halides is 2. The van der Waals surface area contributed by atoms with E-state index in [-0.39, 0.29) is 0 Å². The van der Waals surface area contributed by atoms with Crippen LogP contribution in [-0.4, -0.2) is 38.4 Å². The molecule has 0 radical (unpaired) electrons. The Morgan fingerprint density at radius 3 is 2.29 bits per heavy atom. The summed E-state index contributed by atoms with van der Waals surface area (Å²) in [7, 11) is -3.63. The summed E-state index contributed by atoms with van der Waals surface area (Å²) in [5.74, 6) is -4.14. The van der Waals surface area contributed by atoms with Gasteiger partial charge < -0.3 is 5.32 Å². The number of hydrogen-bond acceptors (Lipinski definition) is 3. The molecular weight excluding hydrogens is 212 g/mol. The number of piperidine rings is 1. The Labute approximate surface area is 82.8 Å². The number of hydrogen-bond donors (Lipinski definition) is 1. The van der Waals surface area contributed by atoms with Crippen LogP contribution < -0.4 is 5.32 Å². The van der Waals surface area contributed by atoms with Crippen LogP contribution in [0.2, 0.25) is 0 Å². The van der Waals surface area contributed by atoms with Gasteiger partial charge in [-0.25, -0.2) is 17.2 Å². The average molecular weight is 227 g/mol. The summed E-state index contributed by atoms with van der Waals surface area (Å²) in [5, 5.41) is 2.41. The molecule has 1 aliphatic heterocycles. The molecular formula is C8H15F2NO2S. The maximum absolute atomic E-state index is 12.6. The highest BCUT2D eigenvalue weighted by atomic mass is 32.2. The van der Waals surface area contributed by atoms with E-state index < -0.39 is 26.8 Å². The third kappa shape index (κ3) is 3.49. The van der Waals surface area contributed by atoms with Crippen molar-refractivity contribution in [2.24, 2.45) is 0 Å². The van der Waals surface area contributed by atoms with Crippen molar-refractivity contribution < 1.29 is 17.2 Å². The molecule has 0 aromatic carbocycles. The van der Waals surface area contributed by atoms with Crippen molar-refractivity contribution in [2.45, 2.75) is 30.9 Å². The molecule has 0 bridgehead atoms. The fourth-order valence-electron chi connectivity index (χ4n) is 1.63. The van der Waals surface area contributed by atoms with Gasteiger partial charge in [-0.05, 0) is 25.9 Å². The van der Waals surface area contributed by atoms with E-state index in [0.717, 1.165) is 0 Å². The summed E-state index contributed by atoms with van der Waals surface area (Å²) < 4.78 is 48.1. The monoisotopic (exact) mass is 227 g/mol. The van der Waals surface area contributed by atoms with E-state index in [1.807, 2.05) is 0 Å². The van der Waals surface area contributed by atoms with Crippen molar-refractivity contribution in [3.8, 4) is 0 Å². The number of rotatable bonds is 3. The lowest BCUT2D eigenvalue weighted by Crippen LogP contribution is -2.39. The second-order valence-electron chi connectivity index (χ2n) is 3.83. The first kappa shape index (κ1) is 11.8. The summed E-state index contributed by atoms with van der Waals surface area (Å²) in [6, 6.07) is 0. The first-order valence-electron chi connectivity index (χ1n) is 4.61. The maximum Gasteiger partial charge on any atom is 0.259 e. The summed E-state index contributed by atoms with van der Waals surface area (Å²) in [4.78, 5) is 0. The average Bonchev–Trinajstić information content (AvgIpc) is 2.01. The van der Waals surface area contributed by atoms with Gasteiger partial charge in [-0.15, -0.1) is 0 Å². The van der Waals surface area contributed by atoms with Crippen molar-refractivity contribution in [3.05, 3.63) is 0 Å². The van der Waals surface area contributed by atoms with E-state index in [2.05, 4.69) is 5.32 Å². The van der Waals surface area contributed by atoms with Crippen molar-refractivity contribution in [1.82, 2.24) is 5.32 Å². The fourth-order valence-corrected chi connectivity index (χ4v) is 3.52. The standard InChI is InChI=1S/C8H15F2NO2S/c1-8(9,10)6-14(12,13)7-2-4-11-5-3-7/h7,11H,2-6H2,1H3. The minimum atomic E-state index is -3.63. The summed E-state index contributed by atoms with van der Waals surface area (Å²) in [5.41, 5.74) is 0. The Hall–Kier alpha value is -0.230. The van der Waals surface area contributed by atoms with Crippen LogP contribution >= 0.6 is 0 Å². The van der Waals surface area contributed by atoms with Crippen LogP contribution in [0.5, 0.6) is 0 Å². The molecule has 14 heavy (non-hydrogen) atoms. The molecule has 1 aliphatic rings. The largest absolute Gasteiger partial charge is 0.317 e. The second-order valence-corrected chi connectivity index (χ2v) is 6.11. The molecule has 0 spiro atoms. The summed E-state index contributed by atoms with van der Waals surface area (Å²) in [6.07, 6.45) is 0.886. The minimum absolute atomic E-state index is 0.443. The van der Waals surface area contributed by atoms with E-state index in [1.54, 1.807) is 0 Å². The molecule has 0 amide bonds. The van der Waals surface area contributed by atoms with Crippen LogP contribution in [0, 0.1) is 0 Å². The fraction of sp³-hybridized carbons (Fsp3) is 1.00. The quantitative estimate of drug-likeness (QED) is 0.776. The lowest BCUT2D eigenvalue weighted by Gasteiger charge is -2.23. The van der Waals surface area contributed by atoms with Crippen LogP contribution in [0.25, 0.3) is 0 Å². The SMILES string of the molecule is CC(F)(F)CS(=O)(=O)C1CCNCC1. The highest BCUT2D eigenvalue weighted by Gasteiger charge is 2.35. The van der Waals surface area contributed by atoms with Gasteiger partial charge >= 0.3 is 0 Å². The molecule has 1 heterocycles. The first-order valence-corrected chi connectivity index (χ1v) is 6.33. The van der Waals surface area contributed by atoms with Crippen LogP contribution in [0.15, 0.2) is 0 Å². The zero-order valence-electron chi connectivity index (χ0n) is 8.09. The molecule has 0 aromatic heterocycles. The van der Waals surface area contributed by atoms with Gasteiger partial charge in [0.05, 0.1) is 5.25 Å². The van der Waals surface area contributed by atoms with E-state index in [9.17, 15) is 17.2 Å². The highest BCUT2D eigenvalue weighted by Crippen LogP contribution is 2.21. The van der Waals surface area contributed by atoms with Gasteiger partial charge in [0.15, 0.2) is 9.84 Å². The van der Waals surface area contributed by atoms with Gasteiger partial charge in [0.1, 0.15) is 5.75 Å². The normalized spacial score (nSPS) is 21.1. The predicted molar refractivity (Wildman–Crippen MR) is 50.3 cm³/mol. The van der Waals surface area contributed by atoms with Gasteiger partial charge in [0, 0.05) is 6.92 Å². The number of sulfone groups is 1. The van der Waals surface area contributed by atoms with Crippen LogP contribution in [0.3, 0.4) is 0 Å². The Kier molecular flexibility index (Phi) is 3.47. The van der Waals surface area contributed by atoms with E-state index in [0.29, 0.717) is 32.9 Å². The topological polar surface area (TPSA) is 46.2 Å². The molecule has 6 heteroatoms. The maximum atomic E-state index is 12.6. The van der Waals surface area contributed by atoms with Crippen LogP contribution in [-0.2, 0) is 9.84 Å². The Morgan fingerprint density at radius 2 is 1.86 bits per heavy atom. The molecule has 0 unspecified atom stereocenters. The molecule has 1 N–H and O–H groups in total. The van der Waals surface area contributed by atoms with Gasteiger partial charge in [-0.2, -0.15) is 0 Å². The summed E-state index contributed by atoms with van der Waals surface area (Å²) >= 11 is 0. The molecule has 1 fully saturated rings. The number of nitrogens with one attached hydrogen (secondary N) is 1. The molecule has 0 aliphatic carbocycles. The molecule has 0 atom stereocenters.